The first-order valence-corrected chi connectivity index (χ1v) is 7.47. The molecule has 0 radical (unpaired) electrons. The molecule has 0 aliphatic heterocycles. The molecule has 0 spiro atoms. The minimum atomic E-state index is -1.55. The Morgan fingerprint density at radius 2 is 2.14 bits per heavy atom. The fraction of sp³-hybridized carbons (Fsp3) is 0.571. The summed E-state index contributed by atoms with van der Waals surface area (Å²) >= 11 is 3.25. The van der Waals surface area contributed by atoms with Crippen LogP contribution in [0.15, 0.2) is 16.9 Å². The van der Waals surface area contributed by atoms with Crippen molar-refractivity contribution in [1.82, 2.24) is 10.3 Å². The molecule has 1 atom stereocenters. The number of amides is 1. The minimum absolute atomic E-state index is 0.135. The van der Waals surface area contributed by atoms with Crippen LogP contribution in [0.4, 0.5) is 10.1 Å². The molecule has 118 valence electrons. The molecule has 0 saturated heterocycles. The van der Waals surface area contributed by atoms with Crippen molar-refractivity contribution >= 4 is 27.5 Å². The van der Waals surface area contributed by atoms with E-state index in [0.717, 1.165) is 0 Å². The van der Waals surface area contributed by atoms with E-state index in [1.807, 2.05) is 13.8 Å². The van der Waals surface area contributed by atoms with Gasteiger partial charge in [-0.3, -0.25) is 4.79 Å². The lowest BCUT2D eigenvalue weighted by atomic mass is 10.0. The Morgan fingerprint density at radius 1 is 1.52 bits per heavy atom. The van der Waals surface area contributed by atoms with Gasteiger partial charge >= 0.3 is 0 Å². The first-order valence-electron chi connectivity index (χ1n) is 6.68. The number of hydrogen-bond acceptors (Lipinski definition) is 4. The van der Waals surface area contributed by atoms with E-state index in [1.165, 1.54) is 20.0 Å². The monoisotopic (exact) mass is 361 g/mol. The third-order valence-electron chi connectivity index (χ3n) is 2.77. The maximum Gasteiger partial charge on any atom is 0.255 e. The second-order valence-electron chi connectivity index (χ2n) is 5.68. The van der Waals surface area contributed by atoms with Crippen LogP contribution in [0.25, 0.3) is 0 Å². The number of nitrogens with zero attached hydrogens (tertiary/aromatic N) is 1. The van der Waals surface area contributed by atoms with Gasteiger partial charge in [0.1, 0.15) is 10.8 Å². The van der Waals surface area contributed by atoms with Crippen molar-refractivity contribution in [3.05, 3.63) is 22.4 Å². The minimum Gasteiger partial charge on any atom is -0.387 e. The van der Waals surface area contributed by atoms with E-state index in [4.69, 9.17) is 0 Å². The molecule has 7 heteroatoms. The zero-order chi connectivity index (χ0) is 16.2. The molecule has 0 fully saturated rings. The molecule has 5 nitrogen and oxygen atoms in total. The summed E-state index contributed by atoms with van der Waals surface area (Å²) < 4.78 is 14.3. The number of hydrogen-bond donors (Lipinski definition) is 3. The van der Waals surface area contributed by atoms with Crippen LogP contribution in [0.2, 0.25) is 0 Å². The Bertz CT molecular complexity index is 503. The van der Waals surface area contributed by atoms with Crippen molar-refractivity contribution in [3.8, 4) is 0 Å². The molecule has 0 saturated carbocycles. The van der Waals surface area contributed by atoms with Gasteiger partial charge in [-0.05, 0) is 49.7 Å². The Kier molecular flexibility index (Phi) is 6.10. The van der Waals surface area contributed by atoms with E-state index in [-0.39, 0.29) is 12.6 Å². The number of pyridine rings is 1. The van der Waals surface area contributed by atoms with Gasteiger partial charge in [0, 0.05) is 12.2 Å². The van der Waals surface area contributed by atoms with E-state index in [2.05, 4.69) is 31.5 Å². The lowest BCUT2D eigenvalue weighted by molar-refractivity contribution is -0.00177. The third-order valence-corrected chi connectivity index (χ3v) is 3.20. The molecule has 21 heavy (non-hydrogen) atoms. The van der Waals surface area contributed by atoms with Gasteiger partial charge in [-0.15, -0.1) is 0 Å². The summed E-state index contributed by atoms with van der Waals surface area (Å²) in [5.74, 6) is -0.440. The zero-order valence-electron chi connectivity index (χ0n) is 12.6. The van der Waals surface area contributed by atoms with Crippen molar-refractivity contribution in [2.24, 2.45) is 0 Å². The molecule has 1 amide bonds. The molecule has 0 aliphatic carbocycles. The molecule has 1 aromatic heterocycles. The number of carbonyl (C=O) groups excluding carboxylic acids is 1. The number of rotatable bonds is 6. The van der Waals surface area contributed by atoms with Crippen LogP contribution in [0, 0.1) is 0 Å². The summed E-state index contributed by atoms with van der Waals surface area (Å²) in [6, 6.07) is 1.83. The molecular weight excluding hydrogens is 341 g/mol. The Morgan fingerprint density at radius 3 is 2.67 bits per heavy atom. The highest BCUT2D eigenvalue weighted by Gasteiger charge is 2.27. The highest BCUT2D eigenvalue weighted by atomic mass is 79.9. The molecule has 1 aromatic rings. The van der Waals surface area contributed by atoms with Crippen LogP contribution in [0.3, 0.4) is 0 Å². The molecule has 0 aromatic carbocycles. The summed E-state index contributed by atoms with van der Waals surface area (Å²) in [6.07, 6.45) is -0.132. The first-order chi connectivity index (χ1) is 9.61. The van der Waals surface area contributed by atoms with Crippen LogP contribution in [-0.4, -0.2) is 40.4 Å². The van der Waals surface area contributed by atoms with Gasteiger partial charge in [-0.1, -0.05) is 0 Å². The highest BCUT2D eigenvalue weighted by molar-refractivity contribution is 9.10. The van der Waals surface area contributed by atoms with Crippen molar-refractivity contribution in [2.45, 2.75) is 45.5 Å². The standard InChI is InChI=1S/C14H21BrFN3O2/c1-8(2)19-10-5-12(15)17-6-9(10)13(20)18-7-11(16)14(3,4)21/h5-6,8,11,21H,7H2,1-4H3,(H,17,19)(H,18,20). The van der Waals surface area contributed by atoms with Crippen LogP contribution >= 0.6 is 15.9 Å². The molecule has 1 unspecified atom stereocenters. The van der Waals surface area contributed by atoms with Crippen molar-refractivity contribution in [2.75, 3.05) is 11.9 Å². The van der Waals surface area contributed by atoms with Gasteiger partial charge in [-0.25, -0.2) is 9.37 Å². The van der Waals surface area contributed by atoms with E-state index in [9.17, 15) is 14.3 Å². The van der Waals surface area contributed by atoms with Gasteiger partial charge in [0.15, 0.2) is 0 Å². The fourth-order valence-corrected chi connectivity index (χ4v) is 1.90. The predicted octanol–water partition coefficient (Wildman–Crippen LogP) is 2.50. The van der Waals surface area contributed by atoms with Crippen molar-refractivity contribution in [1.29, 1.82) is 0 Å². The molecule has 1 heterocycles. The van der Waals surface area contributed by atoms with Crippen molar-refractivity contribution in [3.63, 3.8) is 0 Å². The maximum absolute atomic E-state index is 13.7. The van der Waals surface area contributed by atoms with Crippen LogP contribution in [-0.2, 0) is 0 Å². The van der Waals surface area contributed by atoms with E-state index < -0.39 is 17.7 Å². The fourth-order valence-electron chi connectivity index (χ4n) is 1.57. The number of aliphatic hydroxyl groups is 1. The number of anilines is 1. The highest BCUT2D eigenvalue weighted by Crippen LogP contribution is 2.20. The van der Waals surface area contributed by atoms with Gasteiger partial charge in [0.05, 0.1) is 23.4 Å². The largest absolute Gasteiger partial charge is 0.387 e. The number of halogens is 2. The summed E-state index contributed by atoms with van der Waals surface area (Å²) in [6.45, 7) is 6.34. The van der Waals surface area contributed by atoms with Gasteiger partial charge in [0.2, 0.25) is 0 Å². The number of aromatic nitrogens is 1. The van der Waals surface area contributed by atoms with E-state index in [0.29, 0.717) is 15.9 Å². The quantitative estimate of drug-likeness (QED) is 0.680. The average molecular weight is 362 g/mol. The number of nitrogens with one attached hydrogen (secondary N) is 2. The second-order valence-corrected chi connectivity index (χ2v) is 6.50. The summed E-state index contributed by atoms with van der Waals surface area (Å²) in [7, 11) is 0. The van der Waals surface area contributed by atoms with Crippen LogP contribution < -0.4 is 10.6 Å². The Labute approximate surface area is 132 Å². The lowest BCUT2D eigenvalue weighted by Crippen LogP contribution is -2.42. The topological polar surface area (TPSA) is 74.2 Å². The van der Waals surface area contributed by atoms with Crippen LogP contribution in [0.1, 0.15) is 38.1 Å². The Hall–Kier alpha value is -1.21. The maximum atomic E-state index is 13.7. The normalized spacial score (nSPS) is 13.1. The van der Waals surface area contributed by atoms with E-state index >= 15 is 0 Å². The van der Waals surface area contributed by atoms with Gasteiger partial charge in [-0.2, -0.15) is 0 Å². The molecule has 0 bridgehead atoms. The molecule has 0 aliphatic rings. The van der Waals surface area contributed by atoms with Gasteiger partial charge in [0.25, 0.3) is 5.91 Å². The predicted molar refractivity (Wildman–Crippen MR) is 84.2 cm³/mol. The lowest BCUT2D eigenvalue weighted by Gasteiger charge is -2.22. The van der Waals surface area contributed by atoms with Crippen LogP contribution in [0.5, 0.6) is 0 Å². The third kappa shape index (κ3) is 5.59. The summed E-state index contributed by atoms with van der Waals surface area (Å²) in [5.41, 5.74) is -0.553. The van der Waals surface area contributed by atoms with Crippen molar-refractivity contribution < 1.29 is 14.3 Å². The second kappa shape index (κ2) is 7.17. The average Bonchev–Trinajstić information content (AvgIpc) is 2.33. The zero-order valence-corrected chi connectivity index (χ0v) is 14.2. The summed E-state index contributed by atoms with van der Waals surface area (Å²) in [4.78, 5) is 16.2. The molecule has 1 rings (SSSR count). The Balaban J connectivity index is 2.82. The SMILES string of the molecule is CC(C)Nc1cc(Br)ncc1C(=O)NCC(F)C(C)(C)O. The van der Waals surface area contributed by atoms with Gasteiger partial charge < -0.3 is 15.7 Å². The smallest absolute Gasteiger partial charge is 0.255 e. The number of alkyl halides is 1. The molecular formula is C14H21BrFN3O2. The summed E-state index contributed by atoms with van der Waals surface area (Å²) in [5, 5.41) is 15.1. The number of carbonyl (C=O) groups is 1. The first kappa shape index (κ1) is 17.8. The molecule has 3 N–H and O–H groups in total. The van der Waals surface area contributed by atoms with E-state index in [1.54, 1.807) is 6.07 Å².